The van der Waals surface area contributed by atoms with Gasteiger partial charge in [0.1, 0.15) is 11.9 Å². The van der Waals surface area contributed by atoms with E-state index in [1.807, 2.05) is 4.90 Å². The molecule has 5 nitrogen and oxygen atoms in total. The van der Waals surface area contributed by atoms with Gasteiger partial charge in [-0.25, -0.2) is 4.98 Å². The van der Waals surface area contributed by atoms with Crippen LogP contribution in [0.3, 0.4) is 0 Å². The Morgan fingerprint density at radius 3 is 2.96 bits per heavy atom. The zero-order valence-corrected chi connectivity index (χ0v) is 13.3. The molecule has 0 saturated carbocycles. The molecule has 1 amide bonds. The number of hydrogen-bond acceptors (Lipinski definition) is 4. The van der Waals surface area contributed by atoms with Gasteiger partial charge in [0.15, 0.2) is 0 Å². The molecule has 1 atom stereocenters. The van der Waals surface area contributed by atoms with Gasteiger partial charge in [-0.1, -0.05) is 12.2 Å². The quantitative estimate of drug-likeness (QED) is 0.787. The largest absolute Gasteiger partial charge is 0.354 e. The third-order valence-electron chi connectivity index (χ3n) is 4.63. The van der Waals surface area contributed by atoms with Gasteiger partial charge in [0, 0.05) is 38.3 Å². The molecule has 1 aromatic rings. The number of pyridine rings is 1. The third-order valence-corrected chi connectivity index (χ3v) is 4.63. The summed E-state index contributed by atoms with van der Waals surface area (Å²) in [7, 11) is 0. The van der Waals surface area contributed by atoms with Gasteiger partial charge in [-0.15, -0.1) is 0 Å². The van der Waals surface area contributed by atoms with Gasteiger partial charge >= 0.3 is 0 Å². The second-order valence-corrected chi connectivity index (χ2v) is 6.13. The molecule has 0 N–H and O–H groups in total. The van der Waals surface area contributed by atoms with Crippen LogP contribution in [0.25, 0.3) is 0 Å². The lowest BCUT2D eigenvalue weighted by molar-refractivity contribution is -0.135. The van der Waals surface area contributed by atoms with E-state index in [2.05, 4.69) is 28.1 Å². The van der Waals surface area contributed by atoms with Crippen LogP contribution in [0.15, 0.2) is 30.5 Å². The molecule has 1 aliphatic heterocycles. The monoisotopic (exact) mass is 310 g/mol. The summed E-state index contributed by atoms with van der Waals surface area (Å²) < 4.78 is 0. The van der Waals surface area contributed by atoms with Crippen LogP contribution in [0.1, 0.15) is 31.2 Å². The van der Waals surface area contributed by atoms with Gasteiger partial charge < -0.3 is 9.80 Å². The number of amides is 1. The van der Waals surface area contributed by atoms with Crippen LogP contribution >= 0.6 is 0 Å². The summed E-state index contributed by atoms with van der Waals surface area (Å²) in [6.45, 7) is 3.07. The van der Waals surface area contributed by atoms with Crippen molar-refractivity contribution in [2.75, 3.05) is 31.1 Å². The van der Waals surface area contributed by atoms with Gasteiger partial charge in [-0.2, -0.15) is 5.26 Å². The second kappa shape index (κ2) is 7.28. The summed E-state index contributed by atoms with van der Waals surface area (Å²) in [5.74, 6) is 1.18. The summed E-state index contributed by atoms with van der Waals surface area (Å²) in [5, 5.41) is 9.24. The molecule has 2 aliphatic rings. The summed E-state index contributed by atoms with van der Waals surface area (Å²) in [6, 6.07) is 5.79. The third kappa shape index (κ3) is 3.53. The zero-order chi connectivity index (χ0) is 16.1. The smallest absolute Gasteiger partial charge is 0.226 e. The number of nitrogens with zero attached hydrogens (tertiary/aromatic N) is 4. The number of allylic oxidation sites excluding steroid dienone is 2. The number of rotatable bonds is 2. The van der Waals surface area contributed by atoms with Gasteiger partial charge in [-0.3, -0.25) is 4.79 Å². The molecule has 0 bridgehead atoms. The molecule has 1 fully saturated rings. The van der Waals surface area contributed by atoms with Crippen molar-refractivity contribution in [2.45, 2.75) is 25.7 Å². The van der Waals surface area contributed by atoms with Crippen molar-refractivity contribution in [3.63, 3.8) is 0 Å². The number of aromatic nitrogens is 1. The zero-order valence-electron chi connectivity index (χ0n) is 13.3. The molecule has 1 aromatic heterocycles. The van der Waals surface area contributed by atoms with Gasteiger partial charge in [0.25, 0.3) is 0 Å². The van der Waals surface area contributed by atoms with Gasteiger partial charge in [-0.05, 0) is 37.8 Å². The highest BCUT2D eigenvalue weighted by molar-refractivity contribution is 5.79. The lowest BCUT2D eigenvalue weighted by Gasteiger charge is -2.27. The fourth-order valence-electron chi connectivity index (χ4n) is 3.36. The van der Waals surface area contributed by atoms with Crippen LogP contribution in [0.4, 0.5) is 5.82 Å². The summed E-state index contributed by atoms with van der Waals surface area (Å²) in [6.07, 6.45) is 9.78. The van der Waals surface area contributed by atoms with Crippen molar-refractivity contribution in [3.05, 3.63) is 36.0 Å². The minimum absolute atomic E-state index is 0.149. The van der Waals surface area contributed by atoms with Gasteiger partial charge in [0.05, 0.1) is 5.56 Å². The maximum Gasteiger partial charge on any atom is 0.226 e. The predicted molar refractivity (Wildman–Crippen MR) is 88.8 cm³/mol. The molecule has 1 saturated heterocycles. The number of anilines is 1. The Hall–Kier alpha value is -2.35. The lowest BCUT2D eigenvalue weighted by atomic mass is 9.93. The normalized spacial score (nSPS) is 21.6. The first-order chi connectivity index (χ1) is 11.3. The van der Waals surface area contributed by atoms with Crippen LogP contribution in [-0.4, -0.2) is 42.0 Å². The van der Waals surface area contributed by atoms with Crippen LogP contribution < -0.4 is 4.90 Å². The van der Waals surface area contributed by atoms with Crippen molar-refractivity contribution in [1.29, 1.82) is 5.26 Å². The number of carbonyl (C=O) groups excluding carboxylic acids is 1. The maximum atomic E-state index is 12.7. The van der Waals surface area contributed by atoms with E-state index in [4.69, 9.17) is 0 Å². The first kappa shape index (κ1) is 15.5. The second-order valence-electron chi connectivity index (χ2n) is 6.13. The van der Waals surface area contributed by atoms with Crippen LogP contribution in [0.5, 0.6) is 0 Å². The Morgan fingerprint density at radius 2 is 2.17 bits per heavy atom. The minimum Gasteiger partial charge on any atom is -0.354 e. The van der Waals surface area contributed by atoms with E-state index in [-0.39, 0.29) is 11.8 Å². The van der Waals surface area contributed by atoms with E-state index < -0.39 is 0 Å². The molecular weight excluding hydrogens is 288 g/mol. The fraction of sp³-hybridized carbons (Fsp3) is 0.500. The first-order valence-electron chi connectivity index (χ1n) is 8.33. The SMILES string of the molecule is N#Cc1cccnc1N1CCCN(C(=O)C2CC=CCC2)CC1. The Morgan fingerprint density at radius 1 is 1.26 bits per heavy atom. The Kier molecular flexibility index (Phi) is 4.92. The lowest BCUT2D eigenvalue weighted by Crippen LogP contribution is -2.39. The Balaban J connectivity index is 1.66. The molecule has 1 aliphatic carbocycles. The highest BCUT2D eigenvalue weighted by atomic mass is 16.2. The number of hydrogen-bond donors (Lipinski definition) is 0. The van der Waals surface area contributed by atoms with E-state index >= 15 is 0 Å². The topological polar surface area (TPSA) is 60.2 Å². The standard InChI is InChI=1S/C18H22N4O/c19-14-16-8-4-9-20-17(16)21-10-5-11-22(13-12-21)18(23)15-6-2-1-3-7-15/h1-2,4,8-9,15H,3,5-7,10-13H2. The van der Waals surface area contributed by atoms with E-state index in [0.717, 1.165) is 51.1 Å². The molecule has 23 heavy (non-hydrogen) atoms. The van der Waals surface area contributed by atoms with E-state index in [0.29, 0.717) is 12.1 Å². The molecule has 0 aromatic carbocycles. The van der Waals surface area contributed by atoms with E-state index in [9.17, 15) is 10.1 Å². The molecule has 3 rings (SSSR count). The Bertz CT molecular complexity index is 634. The minimum atomic E-state index is 0.149. The first-order valence-corrected chi connectivity index (χ1v) is 8.33. The van der Waals surface area contributed by atoms with Crippen LogP contribution in [0.2, 0.25) is 0 Å². The van der Waals surface area contributed by atoms with Crippen molar-refractivity contribution in [2.24, 2.45) is 5.92 Å². The van der Waals surface area contributed by atoms with Crippen LogP contribution in [-0.2, 0) is 4.79 Å². The van der Waals surface area contributed by atoms with Crippen molar-refractivity contribution < 1.29 is 4.79 Å². The number of nitriles is 1. The molecule has 5 heteroatoms. The summed E-state index contributed by atoms with van der Waals surface area (Å²) in [5.41, 5.74) is 0.602. The number of carbonyl (C=O) groups is 1. The van der Waals surface area contributed by atoms with Crippen molar-refractivity contribution in [1.82, 2.24) is 9.88 Å². The average Bonchev–Trinajstić information content (AvgIpc) is 2.88. The molecular formula is C18H22N4O. The van der Waals surface area contributed by atoms with Crippen LogP contribution in [0, 0.1) is 17.2 Å². The molecule has 1 unspecified atom stereocenters. The average molecular weight is 310 g/mol. The maximum absolute atomic E-state index is 12.7. The van der Waals surface area contributed by atoms with E-state index in [1.165, 1.54) is 0 Å². The fourth-order valence-corrected chi connectivity index (χ4v) is 3.36. The summed E-state index contributed by atoms with van der Waals surface area (Å²) >= 11 is 0. The molecule has 0 radical (unpaired) electrons. The molecule has 120 valence electrons. The van der Waals surface area contributed by atoms with E-state index in [1.54, 1.807) is 18.3 Å². The van der Waals surface area contributed by atoms with Crippen molar-refractivity contribution >= 4 is 11.7 Å². The summed E-state index contributed by atoms with van der Waals surface area (Å²) in [4.78, 5) is 21.2. The Labute approximate surface area is 137 Å². The highest BCUT2D eigenvalue weighted by Gasteiger charge is 2.26. The molecule has 2 heterocycles. The van der Waals surface area contributed by atoms with Crippen molar-refractivity contribution in [3.8, 4) is 6.07 Å². The highest BCUT2D eigenvalue weighted by Crippen LogP contribution is 2.23. The molecule has 0 spiro atoms. The van der Waals surface area contributed by atoms with Gasteiger partial charge in [0.2, 0.25) is 5.91 Å². The predicted octanol–water partition coefficient (Wildman–Crippen LogP) is 2.35.